The van der Waals surface area contributed by atoms with Gasteiger partial charge in [-0.05, 0) is 18.9 Å². The Morgan fingerprint density at radius 1 is 1.24 bits per heavy atom. The molecule has 10 heteroatoms. The van der Waals surface area contributed by atoms with Gasteiger partial charge in [-0.25, -0.2) is 18.3 Å². The molecule has 0 atom stereocenters. The quantitative estimate of drug-likeness (QED) is 0.600. The summed E-state index contributed by atoms with van der Waals surface area (Å²) in [6, 6.07) is 2.23. The van der Waals surface area contributed by atoms with Gasteiger partial charge in [0.2, 0.25) is 5.91 Å². The minimum absolute atomic E-state index is 0.0140. The number of amides is 2. The molecular weight excluding hydrogens is 382 g/mol. The summed E-state index contributed by atoms with van der Waals surface area (Å²) in [4.78, 5) is 29.6. The first-order valence-electron chi connectivity index (χ1n) is 9.71. The van der Waals surface area contributed by atoms with Gasteiger partial charge in [-0.3, -0.25) is 14.9 Å². The van der Waals surface area contributed by atoms with Gasteiger partial charge in [0, 0.05) is 43.6 Å². The van der Waals surface area contributed by atoms with E-state index in [0.717, 1.165) is 18.5 Å². The average Bonchev–Trinajstić information content (AvgIpc) is 3.30. The number of anilines is 2. The molecule has 2 N–H and O–H groups in total. The van der Waals surface area contributed by atoms with Crippen LogP contribution in [0.3, 0.4) is 0 Å². The lowest BCUT2D eigenvalue weighted by atomic mass is 10.1. The SMILES string of the molecule is O=C1C/C(=C\c2cnc3c(NC4CC4)cc(N4CCC(F)(F)CC4)nn23)C(=O)N1. The number of imidazole rings is 1. The predicted octanol–water partition coefficient (Wildman–Crippen LogP) is 1.97. The van der Waals surface area contributed by atoms with Crippen molar-refractivity contribution in [2.45, 2.75) is 44.1 Å². The highest BCUT2D eigenvalue weighted by Crippen LogP contribution is 2.33. The second-order valence-electron chi connectivity index (χ2n) is 7.82. The van der Waals surface area contributed by atoms with E-state index < -0.39 is 11.8 Å². The highest BCUT2D eigenvalue weighted by atomic mass is 19.3. The average molecular weight is 402 g/mol. The van der Waals surface area contributed by atoms with Crippen molar-refractivity contribution in [2.24, 2.45) is 0 Å². The monoisotopic (exact) mass is 402 g/mol. The summed E-state index contributed by atoms with van der Waals surface area (Å²) in [6.07, 6.45) is 4.93. The van der Waals surface area contributed by atoms with E-state index in [0.29, 0.717) is 28.8 Å². The maximum Gasteiger partial charge on any atom is 0.254 e. The summed E-state index contributed by atoms with van der Waals surface area (Å²) >= 11 is 0. The number of carbonyl (C=O) groups excluding carboxylic acids is 2. The minimum atomic E-state index is -2.64. The second kappa shape index (κ2) is 6.50. The van der Waals surface area contributed by atoms with Crippen LogP contribution in [-0.4, -0.2) is 51.5 Å². The summed E-state index contributed by atoms with van der Waals surface area (Å²) in [5.41, 5.74) is 2.28. The molecule has 2 amide bonds. The number of piperidine rings is 1. The summed E-state index contributed by atoms with van der Waals surface area (Å²) < 4.78 is 28.7. The first kappa shape index (κ1) is 18.0. The normalized spacial score (nSPS) is 23.1. The maximum atomic E-state index is 13.6. The van der Waals surface area contributed by atoms with E-state index >= 15 is 0 Å². The number of imide groups is 1. The molecule has 2 aromatic heterocycles. The molecule has 1 aliphatic carbocycles. The molecule has 0 spiro atoms. The fourth-order valence-corrected chi connectivity index (χ4v) is 3.64. The van der Waals surface area contributed by atoms with E-state index in [1.807, 2.05) is 11.0 Å². The molecule has 0 unspecified atom stereocenters. The van der Waals surface area contributed by atoms with E-state index in [-0.39, 0.29) is 38.3 Å². The van der Waals surface area contributed by atoms with Crippen LogP contribution < -0.4 is 15.5 Å². The number of rotatable bonds is 4. The number of fused-ring (bicyclic) bond motifs is 1. The molecule has 5 rings (SSSR count). The summed E-state index contributed by atoms with van der Waals surface area (Å²) in [6.45, 7) is 0.437. The number of halogens is 2. The number of nitrogens with zero attached hydrogens (tertiary/aromatic N) is 4. The Labute approximate surface area is 165 Å². The number of hydrogen-bond donors (Lipinski definition) is 2. The molecule has 4 heterocycles. The maximum absolute atomic E-state index is 13.6. The van der Waals surface area contributed by atoms with Gasteiger partial charge in [0.05, 0.1) is 24.0 Å². The molecule has 152 valence electrons. The third-order valence-corrected chi connectivity index (χ3v) is 5.45. The van der Waals surface area contributed by atoms with Gasteiger partial charge in [-0.1, -0.05) is 0 Å². The lowest BCUT2D eigenvalue weighted by Gasteiger charge is -2.32. The van der Waals surface area contributed by atoms with Crippen molar-refractivity contribution in [3.63, 3.8) is 0 Å². The van der Waals surface area contributed by atoms with Gasteiger partial charge < -0.3 is 10.2 Å². The predicted molar refractivity (Wildman–Crippen MR) is 102 cm³/mol. The molecule has 1 saturated carbocycles. The van der Waals surface area contributed by atoms with Gasteiger partial charge in [0.25, 0.3) is 11.8 Å². The van der Waals surface area contributed by atoms with Gasteiger partial charge in [0.15, 0.2) is 11.5 Å². The minimum Gasteiger partial charge on any atom is -0.379 e. The van der Waals surface area contributed by atoms with E-state index in [1.54, 1.807) is 16.8 Å². The molecule has 0 radical (unpaired) electrons. The Hall–Kier alpha value is -3.04. The van der Waals surface area contributed by atoms with E-state index in [4.69, 9.17) is 0 Å². The van der Waals surface area contributed by atoms with E-state index in [2.05, 4.69) is 20.7 Å². The van der Waals surface area contributed by atoms with Crippen LogP contribution in [0.2, 0.25) is 0 Å². The van der Waals surface area contributed by atoms with Gasteiger partial charge in [0.1, 0.15) is 0 Å². The Balaban J connectivity index is 1.55. The van der Waals surface area contributed by atoms with Crippen LogP contribution in [0, 0.1) is 0 Å². The lowest BCUT2D eigenvalue weighted by Crippen LogP contribution is -2.40. The van der Waals surface area contributed by atoms with Crippen molar-refractivity contribution < 1.29 is 18.4 Å². The molecule has 0 bridgehead atoms. The molecule has 2 aliphatic heterocycles. The number of aromatic nitrogens is 3. The summed E-state index contributed by atoms with van der Waals surface area (Å²) in [5, 5.41) is 10.3. The third-order valence-electron chi connectivity index (χ3n) is 5.45. The smallest absolute Gasteiger partial charge is 0.254 e. The van der Waals surface area contributed by atoms with Crippen molar-refractivity contribution in [2.75, 3.05) is 23.3 Å². The molecule has 8 nitrogen and oxygen atoms in total. The molecule has 0 aromatic carbocycles. The van der Waals surface area contributed by atoms with Crippen LogP contribution in [-0.2, 0) is 9.59 Å². The number of carbonyl (C=O) groups is 2. The van der Waals surface area contributed by atoms with Crippen molar-refractivity contribution in [3.05, 3.63) is 23.5 Å². The van der Waals surface area contributed by atoms with Crippen LogP contribution in [0.4, 0.5) is 20.3 Å². The zero-order valence-electron chi connectivity index (χ0n) is 15.6. The summed E-state index contributed by atoms with van der Waals surface area (Å²) in [5.74, 6) is -2.81. The van der Waals surface area contributed by atoms with Crippen LogP contribution in [0.5, 0.6) is 0 Å². The zero-order chi connectivity index (χ0) is 20.2. The van der Waals surface area contributed by atoms with Gasteiger partial charge >= 0.3 is 0 Å². The standard InChI is InChI=1S/C19H20F2N6O2/c20-19(21)3-5-26(6-4-19)15-9-14(23-12-1-2-12)17-22-10-13(27(17)25-15)7-11-8-16(28)24-18(11)29/h7,9-10,12,23H,1-6,8H2,(H,24,28,29)/b11-7+. The molecule has 2 aromatic rings. The van der Waals surface area contributed by atoms with E-state index in [1.165, 1.54) is 0 Å². The Morgan fingerprint density at radius 3 is 2.66 bits per heavy atom. The second-order valence-corrected chi connectivity index (χ2v) is 7.82. The van der Waals surface area contributed by atoms with Crippen molar-refractivity contribution in [1.82, 2.24) is 19.9 Å². The van der Waals surface area contributed by atoms with Crippen LogP contribution >= 0.6 is 0 Å². The topological polar surface area (TPSA) is 91.6 Å². The van der Waals surface area contributed by atoms with Gasteiger partial charge in [-0.2, -0.15) is 0 Å². The van der Waals surface area contributed by atoms with Crippen molar-refractivity contribution >= 4 is 35.0 Å². The Bertz CT molecular complexity index is 1030. The molecule has 29 heavy (non-hydrogen) atoms. The fraction of sp³-hybridized carbons (Fsp3) is 0.474. The number of hydrogen-bond acceptors (Lipinski definition) is 6. The van der Waals surface area contributed by atoms with Crippen LogP contribution in [0.15, 0.2) is 17.8 Å². The molecular formula is C19H20F2N6O2. The highest BCUT2D eigenvalue weighted by Gasteiger charge is 2.35. The van der Waals surface area contributed by atoms with Crippen LogP contribution in [0.25, 0.3) is 11.7 Å². The number of alkyl halides is 2. The molecule has 3 aliphatic rings. The number of nitrogens with one attached hydrogen (secondary N) is 2. The molecule has 2 saturated heterocycles. The largest absolute Gasteiger partial charge is 0.379 e. The third kappa shape index (κ3) is 3.54. The van der Waals surface area contributed by atoms with E-state index in [9.17, 15) is 18.4 Å². The summed E-state index contributed by atoms with van der Waals surface area (Å²) in [7, 11) is 0. The van der Waals surface area contributed by atoms with Crippen molar-refractivity contribution in [1.29, 1.82) is 0 Å². The first-order chi connectivity index (χ1) is 13.9. The fourth-order valence-electron chi connectivity index (χ4n) is 3.64. The zero-order valence-corrected chi connectivity index (χ0v) is 15.6. The van der Waals surface area contributed by atoms with Gasteiger partial charge in [-0.15, -0.1) is 5.10 Å². The van der Waals surface area contributed by atoms with Crippen LogP contribution in [0.1, 0.15) is 37.8 Å². The lowest BCUT2D eigenvalue weighted by molar-refractivity contribution is -0.124. The first-order valence-corrected chi connectivity index (χ1v) is 9.71. The van der Waals surface area contributed by atoms with Crippen molar-refractivity contribution in [3.8, 4) is 0 Å². The molecule has 3 fully saturated rings. The highest BCUT2D eigenvalue weighted by molar-refractivity contribution is 6.15. The Morgan fingerprint density at radius 2 is 2.00 bits per heavy atom. The Kier molecular flexibility index (Phi) is 4.04.